The second-order valence-electron chi connectivity index (χ2n) is 5.31. The van der Waals surface area contributed by atoms with Crippen molar-refractivity contribution in [2.75, 3.05) is 19.7 Å². The van der Waals surface area contributed by atoms with E-state index in [-0.39, 0.29) is 31.9 Å². The minimum absolute atomic E-state index is 0.0734. The Balaban J connectivity index is 1.90. The zero-order chi connectivity index (χ0) is 15.2. The Morgan fingerprint density at radius 3 is 2.43 bits per heavy atom. The fourth-order valence-corrected chi connectivity index (χ4v) is 3.96. The summed E-state index contributed by atoms with van der Waals surface area (Å²) in [5.74, 6) is -3.76. The predicted octanol–water partition coefficient (Wildman–Crippen LogP) is 1.90. The first kappa shape index (κ1) is 14.8. The Bertz CT molecular complexity index is 661. The maximum atomic E-state index is 13.7. The first-order chi connectivity index (χ1) is 9.89. The molecule has 1 saturated carbocycles. The van der Waals surface area contributed by atoms with Crippen LogP contribution in [0.2, 0.25) is 0 Å². The lowest BCUT2D eigenvalue weighted by atomic mass is 10.2. The molecule has 2 fully saturated rings. The van der Waals surface area contributed by atoms with Gasteiger partial charge in [-0.3, -0.25) is 0 Å². The van der Waals surface area contributed by atoms with Crippen molar-refractivity contribution in [2.45, 2.75) is 23.8 Å². The Kier molecular flexibility index (Phi) is 3.71. The molecule has 0 radical (unpaired) electrons. The molecular weight excluding hydrogens is 307 g/mol. The molecule has 1 aliphatic heterocycles. The Hall–Kier alpha value is -1.12. The molecule has 3 rings (SSSR count). The molecule has 116 valence electrons. The van der Waals surface area contributed by atoms with Gasteiger partial charge in [-0.15, -0.1) is 0 Å². The molecule has 1 aliphatic carbocycles. The first-order valence-corrected chi connectivity index (χ1v) is 8.10. The van der Waals surface area contributed by atoms with Gasteiger partial charge in [0.2, 0.25) is 10.0 Å². The predicted molar refractivity (Wildman–Crippen MR) is 67.5 cm³/mol. The summed E-state index contributed by atoms with van der Waals surface area (Å²) in [4.78, 5) is -0.835. The molecular formula is C13H14F3NO3S. The standard InChI is InChI=1S/C13H14F3NO3S/c14-9-5-11(16)13(6-10(9)15)21(18,19)17-3-4-20-12(7-17)8-1-2-8/h5-6,8,12H,1-4,7H2. The van der Waals surface area contributed by atoms with Crippen molar-refractivity contribution in [3.05, 3.63) is 29.6 Å². The maximum absolute atomic E-state index is 13.7. The van der Waals surface area contributed by atoms with Gasteiger partial charge in [0, 0.05) is 19.2 Å². The number of benzene rings is 1. The summed E-state index contributed by atoms with van der Waals surface area (Å²) in [6, 6.07) is 0.641. The van der Waals surface area contributed by atoms with Crippen LogP contribution in [0.4, 0.5) is 13.2 Å². The summed E-state index contributed by atoms with van der Waals surface area (Å²) in [7, 11) is -4.20. The van der Waals surface area contributed by atoms with Crippen molar-refractivity contribution < 1.29 is 26.3 Å². The fraction of sp³-hybridized carbons (Fsp3) is 0.538. The number of ether oxygens (including phenoxy) is 1. The molecule has 1 unspecified atom stereocenters. The van der Waals surface area contributed by atoms with Gasteiger partial charge >= 0.3 is 0 Å². The summed E-state index contributed by atoms with van der Waals surface area (Å²) in [6.45, 7) is 0.404. The minimum atomic E-state index is -4.20. The smallest absolute Gasteiger partial charge is 0.246 e. The van der Waals surface area contributed by atoms with Crippen LogP contribution in [0.5, 0.6) is 0 Å². The number of nitrogens with zero attached hydrogens (tertiary/aromatic N) is 1. The van der Waals surface area contributed by atoms with E-state index in [1.54, 1.807) is 0 Å². The lowest BCUT2D eigenvalue weighted by Crippen LogP contribution is -2.46. The normalized spacial score (nSPS) is 24.2. The van der Waals surface area contributed by atoms with E-state index in [0.29, 0.717) is 12.0 Å². The van der Waals surface area contributed by atoms with E-state index in [1.165, 1.54) is 0 Å². The fourth-order valence-electron chi connectivity index (χ4n) is 2.46. The van der Waals surface area contributed by atoms with E-state index in [1.807, 2.05) is 0 Å². The van der Waals surface area contributed by atoms with Gasteiger partial charge in [0.25, 0.3) is 0 Å². The second-order valence-corrected chi connectivity index (χ2v) is 7.21. The lowest BCUT2D eigenvalue weighted by molar-refractivity contribution is -0.0135. The molecule has 1 aromatic rings. The van der Waals surface area contributed by atoms with Crippen molar-refractivity contribution in [1.82, 2.24) is 4.31 Å². The highest BCUT2D eigenvalue weighted by Crippen LogP contribution is 2.36. The number of morpholine rings is 1. The summed E-state index contributed by atoms with van der Waals surface area (Å²) in [6.07, 6.45) is 1.76. The zero-order valence-electron chi connectivity index (χ0n) is 11.1. The molecule has 1 atom stereocenters. The first-order valence-electron chi connectivity index (χ1n) is 6.66. The average molecular weight is 321 g/mol. The van der Waals surface area contributed by atoms with Gasteiger partial charge in [-0.25, -0.2) is 21.6 Å². The van der Waals surface area contributed by atoms with Crippen LogP contribution in [0.1, 0.15) is 12.8 Å². The van der Waals surface area contributed by atoms with Crippen LogP contribution >= 0.6 is 0 Å². The molecule has 4 nitrogen and oxygen atoms in total. The van der Waals surface area contributed by atoms with E-state index in [2.05, 4.69) is 0 Å². The van der Waals surface area contributed by atoms with E-state index >= 15 is 0 Å². The summed E-state index contributed by atoms with van der Waals surface area (Å²) in [5, 5.41) is 0. The molecule has 21 heavy (non-hydrogen) atoms. The molecule has 1 aromatic carbocycles. The Morgan fingerprint density at radius 2 is 1.76 bits per heavy atom. The third-order valence-electron chi connectivity index (χ3n) is 3.80. The highest BCUT2D eigenvalue weighted by atomic mass is 32.2. The van der Waals surface area contributed by atoms with Crippen molar-refractivity contribution in [2.24, 2.45) is 5.92 Å². The largest absolute Gasteiger partial charge is 0.375 e. The molecule has 0 amide bonds. The van der Waals surface area contributed by atoms with Crippen molar-refractivity contribution in [3.8, 4) is 0 Å². The van der Waals surface area contributed by atoms with Gasteiger partial charge < -0.3 is 4.74 Å². The van der Waals surface area contributed by atoms with Gasteiger partial charge in [0.05, 0.1) is 12.7 Å². The van der Waals surface area contributed by atoms with Gasteiger partial charge in [-0.05, 0) is 24.8 Å². The van der Waals surface area contributed by atoms with Gasteiger partial charge in [0.1, 0.15) is 10.7 Å². The van der Waals surface area contributed by atoms with E-state index < -0.39 is 32.4 Å². The van der Waals surface area contributed by atoms with Crippen LogP contribution < -0.4 is 0 Å². The van der Waals surface area contributed by atoms with Crippen LogP contribution in [-0.4, -0.2) is 38.5 Å². The van der Waals surface area contributed by atoms with Crippen LogP contribution in [-0.2, 0) is 14.8 Å². The molecule has 0 aromatic heterocycles. The minimum Gasteiger partial charge on any atom is -0.375 e. The molecule has 0 N–H and O–H groups in total. The number of rotatable bonds is 3. The Morgan fingerprint density at radius 1 is 1.10 bits per heavy atom. The van der Waals surface area contributed by atoms with Crippen LogP contribution in [0.15, 0.2) is 17.0 Å². The molecule has 1 saturated heterocycles. The van der Waals surface area contributed by atoms with Crippen LogP contribution in [0.3, 0.4) is 0 Å². The number of halogens is 3. The summed E-state index contributed by atoms with van der Waals surface area (Å²) >= 11 is 0. The number of sulfonamides is 1. The third-order valence-corrected chi connectivity index (χ3v) is 5.68. The number of hydrogen-bond acceptors (Lipinski definition) is 3. The number of hydrogen-bond donors (Lipinski definition) is 0. The van der Waals surface area contributed by atoms with Gasteiger partial charge in [-0.1, -0.05) is 0 Å². The maximum Gasteiger partial charge on any atom is 0.246 e. The highest BCUT2D eigenvalue weighted by Gasteiger charge is 2.39. The Labute approximate surface area is 120 Å². The van der Waals surface area contributed by atoms with E-state index in [9.17, 15) is 21.6 Å². The SMILES string of the molecule is O=S(=O)(c1cc(F)c(F)cc1F)N1CCOC(C2CC2)C1. The molecule has 0 bridgehead atoms. The van der Waals surface area contributed by atoms with Crippen LogP contribution in [0.25, 0.3) is 0 Å². The molecule has 8 heteroatoms. The molecule has 2 aliphatic rings. The summed E-state index contributed by atoms with van der Waals surface area (Å²) in [5.41, 5.74) is 0. The van der Waals surface area contributed by atoms with Gasteiger partial charge in [0.15, 0.2) is 11.6 Å². The van der Waals surface area contributed by atoms with Crippen molar-refractivity contribution >= 4 is 10.0 Å². The summed E-state index contributed by atoms with van der Waals surface area (Å²) < 4.78 is 71.2. The quantitative estimate of drug-likeness (QED) is 0.799. The lowest BCUT2D eigenvalue weighted by Gasteiger charge is -2.32. The average Bonchev–Trinajstić information content (AvgIpc) is 3.27. The second kappa shape index (κ2) is 5.26. The molecule has 0 spiro atoms. The third kappa shape index (κ3) is 2.79. The van der Waals surface area contributed by atoms with E-state index in [0.717, 1.165) is 17.1 Å². The monoisotopic (exact) mass is 321 g/mol. The van der Waals surface area contributed by atoms with E-state index in [4.69, 9.17) is 4.74 Å². The topological polar surface area (TPSA) is 46.6 Å². The highest BCUT2D eigenvalue weighted by molar-refractivity contribution is 7.89. The van der Waals surface area contributed by atoms with Gasteiger partial charge in [-0.2, -0.15) is 4.31 Å². The van der Waals surface area contributed by atoms with Crippen molar-refractivity contribution in [1.29, 1.82) is 0 Å². The van der Waals surface area contributed by atoms with Crippen molar-refractivity contribution in [3.63, 3.8) is 0 Å². The molecule has 1 heterocycles. The van der Waals surface area contributed by atoms with Crippen LogP contribution in [0, 0.1) is 23.4 Å². The zero-order valence-corrected chi connectivity index (χ0v) is 11.9.